The Morgan fingerprint density at radius 3 is 2.38 bits per heavy atom. The van der Waals surface area contributed by atoms with Crippen LogP contribution in [-0.2, 0) is 0 Å². The van der Waals surface area contributed by atoms with Gasteiger partial charge in [0.15, 0.2) is 0 Å². The number of anilines is 3. The number of nitrogens with zero attached hydrogens (tertiary/aromatic N) is 4. The van der Waals surface area contributed by atoms with Gasteiger partial charge in [-0.25, -0.2) is 0 Å². The van der Waals surface area contributed by atoms with Crippen molar-refractivity contribution in [1.29, 1.82) is 0 Å². The highest BCUT2D eigenvalue weighted by atomic mass is 15.3. The highest BCUT2D eigenvalue weighted by molar-refractivity contribution is 5.43. The molecule has 0 amide bonds. The van der Waals surface area contributed by atoms with Crippen molar-refractivity contribution in [2.24, 2.45) is 11.3 Å². The molecule has 116 valence electrons. The molecule has 3 rings (SSSR count). The first-order valence-electron chi connectivity index (χ1n) is 8.01. The molecule has 1 saturated carbocycles. The van der Waals surface area contributed by atoms with Crippen molar-refractivity contribution >= 4 is 17.8 Å². The average Bonchev–Trinajstić information content (AvgIpc) is 3.13. The van der Waals surface area contributed by atoms with E-state index in [1.807, 2.05) is 7.05 Å². The maximum atomic E-state index is 4.61. The molecule has 1 aliphatic carbocycles. The number of piperidine rings is 1. The van der Waals surface area contributed by atoms with Gasteiger partial charge in [0.2, 0.25) is 17.8 Å². The molecule has 0 bridgehead atoms. The van der Waals surface area contributed by atoms with Gasteiger partial charge in [0, 0.05) is 26.7 Å². The van der Waals surface area contributed by atoms with Crippen LogP contribution in [0, 0.1) is 11.3 Å². The maximum Gasteiger partial charge on any atom is 0.231 e. The monoisotopic (exact) mass is 290 g/mol. The largest absolute Gasteiger partial charge is 0.357 e. The van der Waals surface area contributed by atoms with Crippen LogP contribution in [0.2, 0.25) is 0 Å². The van der Waals surface area contributed by atoms with Gasteiger partial charge in [-0.2, -0.15) is 15.0 Å². The van der Waals surface area contributed by atoms with Gasteiger partial charge in [-0.05, 0) is 37.0 Å². The lowest BCUT2D eigenvalue weighted by Gasteiger charge is -2.27. The molecule has 1 unspecified atom stereocenters. The minimum absolute atomic E-state index is 0.474. The molecule has 6 nitrogen and oxygen atoms in total. The number of rotatable bonds is 5. The van der Waals surface area contributed by atoms with Crippen LogP contribution in [0.5, 0.6) is 0 Å². The smallest absolute Gasteiger partial charge is 0.231 e. The molecule has 0 aromatic carbocycles. The molecule has 0 radical (unpaired) electrons. The summed E-state index contributed by atoms with van der Waals surface area (Å²) in [6.07, 6.45) is 5.03. The average molecular weight is 290 g/mol. The SMILES string of the molecule is CNc1nc(NCC2CC2(C)C)nc(N2CCCCC2)n1. The summed E-state index contributed by atoms with van der Waals surface area (Å²) in [5.41, 5.74) is 0.474. The summed E-state index contributed by atoms with van der Waals surface area (Å²) < 4.78 is 0. The van der Waals surface area contributed by atoms with E-state index in [0.717, 1.165) is 31.5 Å². The van der Waals surface area contributed by atoms with E-state index >= 15 is 0 Å². The summed E-state index contributed by atoms with van der Waals surface area (Å²) in [5, 5.41) is 6.43. The first-order chi connectivity index (χ1) is 10.1. The molecule has 6 heteroatoms. The fourth-order valence-corrected chi connectivity index (χ4v) is 2.93. The van der Waals surface area contributed by atoms with Crippen molar-refractivity contribution in [2.45, 2.75) is 39.5 Å². The standard InChI is InChI=1S/C15H26N6/c1-15(2)9-11(15)10-17-13-18-12(16-3)19-14(20-13)21-7-5-4-6-8-21/h11H,4-10H2,1-3H3,(H2,16,17,18,19,20). The zero-order chi connectivity index (χ0) is 14.9. The predicted molar refractivity (Wildman–Crippen MR) is 85.8 cm³/mol. The number of nitrogens with one attached hydrogen (secondary N) is 2. The Balaban J connectivity index is 1.70. The van der Waals surface area contributed by atoms with Crippen molar-refractivity contribution in [3.8, 4) is 0 Å². The Labute approximate surface area is 126 Å². The summed E-state index contributed by atoms with van der Waals surface area (Å²) >= 11 is 0. The van der Waals surface area contributed by atoms with Crippen molar-refractivity contribution in [1.82, 2.24) is 15.0 Å². The van der Waals surface area contributed by atoms with E-state index in [1.165, 1.54) is 25.7 Å². The third kappa shape index (κ3) is 3.36. The van der Waals surface area contributed by atoms with E-state index < -0.39 is 0 Å². The van der Waals surface area contributed by atoms with Crippen LogP contribution in [0.1, 0.15) is 39.5 Å². The molecule has 2 N–H and O–H groups in total. The van der Waals surface area contributed by atoms with Crippen molar-refractivity contribution in [3.05, 3.63) is 0 Å². The number of aromatic nitrogens is 3. The lowest BCUT2D eigenvalue weighted by molar-refractivity contribution is 0.566. The van der Waals surface area contributed by atoms with Gasteiger partial charge < -0.3 is 15.5 Å². The molecule has 1 aromatic rings. The van der Waals surface area contributed by atoms with Crippen LogP contribution in [0.4, 0.5) is 17.8 Å². The summed E-state index contributed by atoms with van der Waals surface area (Å²) in [6, 6.07) is 0. The van der Waals surface area contributed by atoms with Crippen LogP contribution in [-0.4, -0.2) is 41.6 Å². The lowest BCUT2D eigenvalue weighted by Crippen LogP contribution is -2.31. The van der Waals surface area contributed by atoms with E-state index in [-0.39, 0.29) is 0 Å². The third-order valence-corrected chi connectivity index (χ3v) is 4.71. The maximum absolute atomic E-state index is 4.61. The summed E-state index contributed by atoms with van der Waals surface area (Å²) in [5.74, 6) is 2.86. The number of hydrogen-bond acceptors (Lipinski definition) is 6. The molecule has 1 aromatic heterocycles. The van der Waals surface area contributed by atoms with E-state index in [2.05, 4.69) is 44.3 Å². The fraction of sp³-hybridized carbons (Fsp3) is 0.800. The van der Waals surface area contributed by atoms with Crippen LogP contribution in [0.15, 0.2) is 0 Å². The van der Waals surface area contributed by atoms with Crippen LogP contribution >= 0.6 is 0 Å². The Morgan fingerprint density at radius 2 is 1.76 bits per heavy atom. The minimum atomic E-state index is 0.474. The molecule has 21 heavy (non-hydrogen) atoms. The predicted octanol–water partition coefficient (Wildman–Crippen LogP) is 2.36. The molecular formula is C15H26N6. The second-order valence-corrected chi connectivity index (χ2v) is 6.85. The lowest BCUT2D eigenvalue weighted by atomic mass is 10.1. The molecule has 1 atom stereocenters. The zero-order valence-electron chi connectivity index (χ0n) is 13.3. The van der Waals surface area contributed by atoms with Gasteiger partial charge in [-0.1, -0.05) is 13.8 Å². The van der Waals surface area contributed by atoms with Gasteiger partial charge >= 0.3 is 0 Å². The highest BCUT2D eigenvalue weighted by Crippen LogP contribution is 2.51. The van der Waals surface area contributed by atoms with Crippen LogP contribution < -0.4 is 15.5 Å². The molecular weight excluding hydrogens is 264 g/mol. The van der Waals surface area contributed by atoms with Gasteiger partial charge in [0.05, 0.1) is 0 Å². The minimum Gasteiger partial charge on any atom is -0.357 e. The van der Waals surface area contributed by atoms with Gasteiger partial charge in [-0.15, -0.1) is 0 Å². The quantitative estimate of drug-likeness (QED) is 0.868. The molecule has 1 aliphatic heterocycles. The Morgan fingerprint density at radius 1 is 1.10 bits per heavy atom. The van der Waals surface area contributed by atoms with Crippen molar-refractivity contribution < 1.29 is 0 Å². The topological polar surface area (TPSA) is 66.0 Å². The summed E-state index contributed by atoms with van der Waals surface area (Å²) in [4.78, 5) is 15.8. The summed E-state index contributed by atoms with van der Waals surface area (Å²) in [6.45, 7) is 7.65. The number of hydrogen-bond donors (Lipinski definition) is 2. The van der Waals surface area contributed by atoms with Gasteiger partial charge in [-0.3, -0.25) is 0 Å². The molecule has 1 saturated heterocycles. The van der Waals surface area contributed by atoms with Crippen LogP contribution in [0.3, 0.4) is 0 Å². The van der Waals surface area contributed by atoms with E-state index in [9.17, 15) is 0 Å². The molecule has 2 fully saturated rings. The summed E-state index contributed by atoms with van der Waals surface area (Å²) in [7, 11) is 1.85. The Hall–Kier alpha value is -1.59. The van der Waals surface area contributed by atoms with E-state index in [0.29, 0.717) is 17.3 Å². The van der Waals surface area contributed by atoms with E-state index in [4.69, 9.17) is 0 Å². The Bertz CT molecular complexity index is 495. The van der Waals surface area contributed by atoms with Gasteiger partial charge in [0.25, 0.3) is 0 Å². The zero-order valence-corrected chi connectivity index (χ0v) is 13.3. The first-order valence-corrected chi connectivity index (χ1v) is 8.01. The van der Waals surface area contributed by atoms with E-state index in [1.54, 1.807) is 0 Å². The third-order valence-electron chi connectivity index (χ3n) is 4.71. The highest BCUT2D eigenvalue weighted by Gasteiger charge is 2.45. The van der Waals surface area contributed by atoms with Crippen molar-refractivity contribution in [3.63, 3.8) is 0 Å². The second-order valence-electron chi connectivity index (χ2n) is 6.85. The molecule has 2 heterocycles. The van der Waals surface area contributed by atoms with Gasteiger partial charge in [0.1, 0.15) is 0 Å². The normalized spacial score (nSPS) is 23.8. The molecule has 2 aliphatic rings. The first kappa shape index (κ1) is 14.4. The molecule has 0 spiro atoms. The van der Waals surface area contributed by atoms with Crippen LogP contribution in [0.25, 0.3) is 0 Å². The Kier molecular flexibility index (Phi) is 3.87. The fourth-order valence-electron chi connectivity index (χ4n) is 2.93. The second kappa shape index (κ2) is 5.66. The van der Waals surface area contributed by atoms with Crippen molar-refractivity contribution in [2.75, 3.05) is 42.2 Å².